The lowest BCUT2D eigenvalue weighted by atomic mass is 9.96. The number of aromatic nitrogens is 3. The molecule has 4 aromatic rings. The minimum absolute atomic E-state index is 0.0724. The van der Waals surface area contributed by atoms with Crippen molar-refractivity contribution in [2.45, 2.75) is 25.8 Å². The number of aryl methyl sites for hydroxylation is 1. The standard InChI is InChI=1S/C25H24N4O2/c1-4-7-21-23-24(27-26-21)16(2)29(25(23)19-8-5-6-9-22(19)30-3)18-12-10-17(11-13-18)20-14-15-31-28-20/h5-6,8-15,25H,2,4,7H2,1,3H3,(H,26,27). The van der Waals surface area contributed by atoms with Gasteiger partial charge < -0.3 is 14.2 Å². The summed E-state index contributed by atoms with van der Waals surface area (Å²) in [7, 11) is 1.71. The first kappa shape index (κ1) is 19.2. The van der Waals surface area contributed by atoms with Crippen molar-refractivity contribution in [2.24, 2.45) is 0 Å². The molecule has 1 N–H and O–H groups in total. The fraction of sp³-hybridized carbons (Fsp3) is 0.200. The van der Waals surface area contributed by atoms with Crippen LogP contribution in [0.5, 0.6) is 5.75 Å². The summed E-state index contributed by atoms with van der Waals surface area (Å²) < 4.78 is 10.7. The molecule has 3 heterocycles. The van der Waals surface area contributed by atoms with Gasteiger partial charge in [-0.3, -0.25) is 5.10 Å². The van der Waals surface area contributed by atoms with Gasteiger partial charge >= 0.3 is 0 Å². The van der Waals surface area contributed by atoms with Crippen LogP contribution in [0.2, 0.25) is 0 Å². The molecule has 0 radical (unpaired) electrons. The van der Waals surface area contributed by atoms with Crippen molar-refractivity contribution in [1.29, 1.82) is 0 Å². The topological polar surface area (TPSA) is 67.2 Å². The smallest absolute Gasteiger partial charge is 0.124 e. The number of fused-ring (bicyclic) bond motifs is 1. The van der Waals surface area contributed by atoms with E-state index in [4.69, 9.17) is 9.26 Å². The van der Waals surface area contributed by atoms with Gasteiger partial charge in [-0.1, -0.05) is 55.4 Å². The third kappa shape index (κ3) is 3.11. The number of anilines is 1. The quantitative estimate of drug-likeness (QED) is 0.446. The van der Waals surface area contributed by atoms with E-state index in [2.05, 4.69) is 64.1 Å². The van der Waals surface area contributed by atoms with Crippen LogP contribution in [0.3, 0.4) is 0 Å². The molecule has 1 aliphatic rings. The number of methoxy groups -OCH3 is 1. The van der Waals surface area contributed by atoms with Gasteiger partial charge in [-0.2, -0.15) is 5.10 Å². The number of hydrogen-bond acceptors (Lipinski definition) is 5. The molecule has 0 fully saturated rings. The molecule has 0 amide bonds. The van der Waals surface area contributed by atoms with Gasteiger partial charge in [-0.15, -0.1) is 0 Å². The second kappa shape index (κ2) is 7.80. The Labute approximate surface area is 181 Å². The van der Waals surface area contributed by atoms with Gasteiger partial charge in [-0.05, 0) is 24.6 Å². The maximum Gasteiger partial charge on any atom is 0.124 e. The van der Waals surface area contributed by atoms with Crippen molar-refractivity contribution in [3.8, 4) is 17.0 Å². The number of nitrogens with zero attached hydrogens (tertiary/aromatic N) is 3. The van der Waals surface area contributed by atoms with Crippen molar-refractivity contribution in [3.63, 3.8) is 0 Å². The van der Waals surface area contributed by atoms with Crippen molar-refractivity contribution >= 4 is 11.4 Å². The SMILES string of the molecule is C=C1c2[nH]nc(CCC)c2C(c2ccccc2OC)N1c1ccc(-c2ccon2)cc1. The van der Waals surface area contributed by atoms with Gasteiger partial charge in [0.15, 0.2) is 0 Å². The van der Waals surface area contributed by atoms with E-state index < -0.39 is 0 Å². The fourth-order valence-electron chi connectivity index (χ4n) is 4.38. The Kier molecular flexibility index (Phi) is 4.82. The Bertz CT molecular complexity index is 1210. The predicted molar refractivity (Wildman–Crippen MR) is 121 cm³/mol. The van der Waals surface area contributed by atoms with Crippen molar-refractivity contribution in [2.75, 3.05) is 12.0 Å². The van der Waals surface area contributed by atoms with Crippen molar-refractivity contribution in [1.82, 2.24) is 15.4 Å². The molecule has 6 nitrogen and oxygen atoms in total. The molecule has 1 atom stereocenters. The predicted octanol–water partition coefficient (Wildman–Crippen LogP) is 5.61. The normalized spacial score (nSPS) is 15.4. The molecule has 5 rings (SSSR count). The maximum absolute atomic E-state index is 5.73. The third-order valence-corrected chi connectivity index (χ3v) is 5.79. The molecule has 2 aromatic heterocycles. The van der Waals surface area contributed by atoms with Crippen LogP contribution in [0.15, 0.2) is 72.0 Å². The molecule has 156 valence electrons. The summed E-state index contributed by atoms with van der Waals surface area (Å²) in [5, 5.41) is 11.9. The number of para-hydroxylation sites is 1. The molecule has 0 aliphatic carbocycles. The Morgan fingerprint density at radius 3 is 2.65 bits per heavy atom. The Hall–Kier alpha value is -3.80. The number of aromatic amines is 1. The molecule has 0 spiro atoms. The summed E-state index contributed by atoms with van der Waals surface area (Å²) >= 11 is 0. The number of H-pyrrole nitrogens is 1. The van der Waals surface area contributed by atoms with Gasteiger partial charge in [0.25, 0.3) is 0 Å². The molecule has 0 bridgehead atoms. The van der Waals surface area contributed by atoms with Crippen LogP contribution in [0, 0.1) is 0 Å². The highest BCUT2D eigenvalue weighted by molar-refractivity contribution is 5.86. The summed E-state index contributed by atoms with van der Waals surface area (Å²) in [5.41, 5.74) is 8.09. The van der Waals surface area contributed by atoms with Gasteiger partial charge in [0, 0.05) is 28.4 Å². The summed E-state index contributed by atoms with van der Waals surface area (Å²) in [6, 6.07) is 18.2. The Balaban J connectivity index is 1.64. The van der Waals surface area contributed by atoms with Crippen LogP contribution in [0.1, 0.15) is 41.9 Å². The van der Waals surface area contributed by atoms with E-state index >= 15 is 0 Å². The summed E-state index contributed by atoms with van der Waals surface area (Å²) in [6.07, 6.45) is 3.51. The van der Waals surface area contributed by atoms with Gasteiger partial charge in [0.2, 0.25) is 0 Å². The highest BCUT2D eigenvalue weighted by Crippen LogP contribution is 2.49. The highest BCUT2D eigenvalue weighted by Gasteiger charge is 2.40. The summed E-state index contributed by atoms with van der Waals surface area (Å²) in [6.45, 7) is 6.59. The average molecular weight is 412 g/mol. The molecule has 0 saturated heterocycles. The lowest BCUT2D eigenvalue weighted by Crippen LogP contribution is -2.23. The number of hydrogen-bond donors (Lipinski definition) is 1. The van der Waals surface area contributed by atoms with E-state index in [1.807, 2.05) is 24.3 Å². The van der Waals surface area contributed by atoms with Crippen LogP contribution in [-0.4, -0.2) is 22.5 Å². The van der Waals surface area contributed by atoms with E-state index in [1.54, 1.807) is 13.4 Å². The Morgan fingerprint density at radius 1 is 1.13 bits per heavy atom. The van der Waals surface area contributed by atoms with E-state index in [0.29, 0.717) is 0 Å². The number of benzene rings is 2. The molecule has 0 saturated carbocycles. The molecular weight excluding hydrogens is 388 g/mol. The molecule has 2 aromatic carbocycles. The number of ether oxygens (including phenoxy) is 1. The number of rotatable bonds is 6. The van der Waals surface area contributed by atoms with E-state index in [-0.39, 0.29) is 6.04 Å². The molecular formula is C25H24N4O2. The monoisotopic (exact) mass is 412 g/mol. The zero-order chi connectivity index (χ0) is 21.4. The van der Waals surface area contributed by atoms with Crippen molar-refractivity contribution < 1.29 is 9.26 Å². The van der Waals surface area contributed by atoms with E-state index in [0.717, 1.165) is 58.2 Å². The maximum atomic E-state index is 5.73. The Morgan fingerprint density at radius 2 is 1.94 bits per heavy atom. The summed E-state index contributed by atoms with van der Waals surface area (Å²) in [5.74, 6) is 0.848. The lowest BCUT2D eigenvalue weighted by molar-refractivity contribution is 0.408. The first-order chi connectivity index (χ1) is 15.2. The zero-order valence-electron chi connectivity index (χ0n) is 17.6. The van der Waals surface area contributed by atoms with Gasteiger partial charge in [-0.25, -0.2) is 0 Å². The van der Waals surface area contributed by atoms with Gasteiger partial charge in [0.05, 0.1) is 30.2 Å². The fourth-order valence-corrected chi connectivity index (χ4v) is 4.38. The average Bonchev–Trinajstić information content (AvgIpc) is 3.53. The highest BCUT2D eigenvalue weighted by atomic mass is 16.5. The van der Waals surface area contributed by atoms with Crippen LogP contribution < -0.4 is 9.64 Å². The first-order valence-electron chi connectivity index (χ1n) is 10.4. The van der Waals surface area contributed by atoms with Crippen LogP contribution in [-0.2, 0) is 6.42 Å². The second-order valence-electron chi connectivity index (χ2n) is 7.60. The molecule has 1 aliphatic heterocycles. The van der Waals surface area contributed by atoms with Crippen LogP contribution in [0.4, 0.5) is 5.69 Å². The minimum atomic E-state index is -0.0724. The molecule has 6 heteroatoms. The minimum Gasteiger partial charge on any atom is -0.496 e. The van der Waals surface area contributed by atoms with Gasteiger partial charge in [0.1, 0.15) is 17.7 Å². The van der Waals surface area contributed by atoms with Crippen molar-refractivity contribution in [3.05, 3.63) is 90.0 Å². The molecule has 31 heavy (non-hydrogen) atoms. The zero-order valence-corrected chi connectivity index (χ0v) is 17.6. The lowest BCUT2D eigenvalue weighted by Gasteiger charge is -2.30. The van der Waals surface area contributed by atoms with Crippen LogP contribution in [0.25, 0.3) is 17.0 Å². The van der Waals surface area contributed by atoms with Crippen LogP contribution >= 0.6 is 0 Å². The second-order valence-corrected chi connectivity index (χ2v) is 7.60. The van der Waals surface area contributed by atoms with E-state index in [9.17, 15) is 0 Å². The third-order valence-electron chi connectivity index (χ3n) is 5.79. The number of nitrogens with one attached hydrogen (secondary N) is 1. The largest absolute Gasteiger partial charge is 0.496 e. The van der Waals surface area contributed by atoms with E-state index in [1.165, 1.54) is 5.56 Å². The first-order valence-corrected chi connectivity index (χ1v) is 10.4. The molecule has 1 unspecified atom stereocenters. The summed E-state index contributed by atoms with van der Waals surface area (Å²) in [4.78, 5) is 2.26.